The van der Waals surface area contributed by atoms with Crippen LogP contribution in [-0.2, 0) is 9.59 Å². The van der Waals surface area contributed by atoms with Crippen molar-refractivity contribution in [3.8, 4) is 0 Å². The van der Waals surface area contributed by atoms with Crippen molar-refractivity contribution in [2.24, 2.45) is 11.7 Å². The maximum absolute atomic E-state index is 12.5. The largest absolute Gasteiger partial charge is 0.368 e. The molecule has 1 atom stereocenters. The number of hydrogen-bond donors (Lipinski definition) is 2. The van der Waals surface area contributed by atoms with Gasteiger partial charge in [0.1, 0.15) is 0 Å². The summed E-state index contributed by atoms with van der Waals surface area (Å²) < 4.78 is 0. The van der Waals surface area contributed by atoms with Crippen molar-refractivity contribution < 1.29 is 9.59 Å². The van der Waals surface area contributed by atoms with Gasteiger partial charge in [-0.2, -0.15) is 0 Å². The lowest BCUT2D eigenvalue weighted by Crippen LogP contribution is -2.46. The van der Waals surface area contributed by atoms with Crippen LogP contribution in [0.3, 0.4) is 0 Å². The van der Waals surface area contributed by atoms with Gasteiger partial charge in [-0.25, -0.2) is 0 Å². The third-order valence-corrected chi connectivity index (χ3v) is 4.56. The van der Waals surface area contributed by atoms with Crippen LogP contribution in [0.1, 0.15) is 51.4 Å². The fourth-order valence-electron chi connectivity index (χ4n) is 3.43. The maximum atomic E-state index is 12.5. The molecular formula is C15H27N3O2. The van der Waals surface area contributed by atoms with Crippen molar-refractivity contribution in [2.45, 2.75) is 57.4 Å². The first kappa shape index (κ1) is 15.3. The van der Waals surface area contributed by atoms with Crippen LogP contribution in [0.5, 0.6) is 0 Å². The summed E-state index contributed by atoms with van der Waals surface area (Å²) >= 11 is 0. The molecule has 114 valence electrons. The Morgan fingerprint density at radius 2 is 1.80 bits per heavy atom. The Labute approximate surface area is 121 Å². The van der Waals surface area contributed by atoms with E-state index in [1.165, 1.54) is 25.7 Å². The molecule has 1 aliphatic carbocycles. The molecule has 5 nitrogen and oxygen atoms in total. The Balaban J connectivity index is 1.92. The molecule has 5 heteroatoms. The number of nitrogens with one attached hydrogen (secondary N) is 1. The highest BCUT2D eigenvalue weighted by Crippen LogP contribution is 2.26. The summed E-state index contributed by atoms with van der Waals surface area (Å²) in [6.07, 6.45) is 8.87. The molecule has 2 amide bonds. The number of amides is 2. The number of primary amides is 1. The van der Waals surface area contributed by atoms with Gasteiger partial charge in [-0.15, -0.1) is 0 Å². The standard InChI is InChI=1S/C15H27N3O2/c16-14(19)11-18(13-7-8-17-10-13)15(20)9-12-5-3-1-2-4-6-12/h12-13,17H,1-11H2,(H2,16,19). The molecule has 2 rings (SSSR count). The van der Waals surface area contributed by atoms with Crippen molar-refractivity contribution >= 4 is 11.8 Å². The predicted octanol–water partition coefficient (Wildman–Crippen LogP) is 1.02. The van der Waals surface area contributed by atoms with Gasteiger partial charge in [-0.05, 0) is 31.7 Å². The van der Waals surface area contributed by atoms with Gasteiger partial charge in [0.15, 0.2) is 0 Å². The Kier molecular flexibility index (Phi) is 5.83. The van der Waals surface area contributed by atoms with Crippen LogP contribution in [0.2, 0.25) is 0 Å². The maximum Gasteiger partial charge on any atom is 0.237 e. The van der Waals surface area contributed by atoms with Crippen molar-refractivity contribution in [3.05, 3.63) is 0 Å². The van der Waals surface area contributed by atoms with Crippen LogP contribution in [-0.4, -0.2) is 42.4 Å². The molecule has 0 aromatic rings. The second-order valence-corrected chi connectivity index (χ2v) is 6.20. The SMILES string of the molecule is NC(=O)CN(C(=O)CC1CCCCCC1)C1CCNC1. The molecule has 0 spiro atoms. The van der Waals surface area contributed by atoms with E-state index >= 15 is 0 Å². The Morgan fingerprint density at radius 3 is 2.35 bits per heavy atom. The van der Waals surface area contributed by atoms with Crippen molar-refractivity contribution in [1.82, 2.24) is 10.2 Å². The zero-order chi connectivity index (χ0) is 14.4. The molecule has 0 radical (unpaired) electrons. The van der Waals surface area contributed by atoms with Crippen LogP contribution in [0.4, 0.5) is 0 Å². The monoisotopic (exact) mass is 281 g/mol. The minimum Gasteiger partial charge on any atom is -0.368 e. The second-order valence-electron chi connectivity index (χ2n) is 6.20. The molecule has 1 unspecified atom stereocenters. The van der Waals surface area contributed by atoms with Crippen molar-refractivity contribution in [2.75, 3.05) is 19.6 Å². The van der Waals surface area contributed by atoms with Crippen LogP contribution < -0.4 is 11.1 Å². The third kappa shape index (κ3) is 4.47. The molecule has 0 aromatic heterocycles. The highest BCUT2D eigenvalue weighted by atomic mass is 16.2. The predicted molar refractivity (Wildman–Crippen MR) is 78.0 cm³/mol. The van der Waals surface area contributed by atoms with Gasteiger partial charge in [0, 0.05) is 19.0 Å². The van der Waals surface area contributed by atoms with Gasteiger partial charge in [-0.3, -0.25) is 9.59 Å². The first-order valence-electron chi connectivity index (χ1n) is 7.95. The molecule has 1 heterocycles. The topological polar surface area (TPSA) is 75.4 Å². The van der Waals surface area contributed by atoms with Gasteiger partial charge in [0.2, 0.25) is 11.8 Å². The number of carbonyl (C=O) groups excluding carboxylic acids is 2. The number of hydrogen-bond acceptors (Lipinski definition) is 3. The average Bonchev–Trinajstić information content (AvgIpc) is 2.81. The van der Waals surface area contributed by atoms with E-state index in [9.17, 15) is 9.59 Å². The summed E-state index contributed by atoms with van der Waals surface area (Å²) in [5, 5.41) is 3.25. The molecule has 2 aliphatic rings. The summed E-state index contributed by atoms with van der Waals surface area (Å²) in [5.41, 5.74) is 5.30. The van der Waals surface area contributed by atoms with Crippen LogP contribution in [0, 0.1) is 5.92 Å². The number of rotatable bonds is 5. The Hall–Kier alpha value is -1.10. The van der Waals surface area contributed by atoms with E-state index in [4.69, 9.17) is 5.73 Å². The van der Waals surface area contributed by atoms with Gasteiger partial charge >= 0.3 is 0 Å². The molecule has 2 fully saturated rings. The number of carbonyl (C=O) groups is 2. The summed E-state index contributed by atoms with van der Waals surface area (Å²) in [5.74, 6) is 0.199. The normalized spacial score (nSPS) is 24.3. The lowest BCUT2D eigenvalue weighted by atomic mass is 9.95. The van der Waals surface area contributed by atoms with E-state index in [2.05, 4.69) is 5.32 Å². The molecule has 1 saturated heterocycles. The number of nitrogens with zero attached hydrogens (tertiary/aromatic N) is 1. The number of nitrogens with two attached hydrogens (primary N) is 1. The summed E-state index contributed by atoms with van der Waals surface area (Å²) in [4.78, 5) is 25.5. The molecule has 0 bridgehead atoms. The first-order valence-corrected chi connectivity index (χ1v) is 7.95. The summed E-state index contributed by atoms with van der Waals surface area (Å²) in [6, 6.07) is 0.140. The van der Waals surface area contributed by atoms with E-state index in [0.717, 1.165) is 32.4 Å². The van der Waals surface area contributed by atoms with Crippen molar-refractivity contribution in [1.29, 1.82) is 0 Å². The van der Waals surface area contributed by atoms with Crippen LogP contribution >= 0.6 is 0 Å². The molecule has 20 heavy (non-hydrogen) atoms. The quantitative estimate of drug-likeness (QED) is 0.739. The van der Waals surface area contributed by atoms with Gasteiger partial charge in [0.05, 0.1) is 6.54 Å². The van der Waals surface area contributed by atoms with Crippen LogP contribution in [0.15, 0.2) is 0 Å². The Morgan fingerprint density at radius 1 is 1.10 bits per heavy atom. The lowest BCUT2D eigenvalue weighted by Gasteiger charge is -2.29. The van der Waals surface area contributed by atoms with Gasteiger partial charge in [-0.1, -0.05) is 25.7 Å². The highest BCUT2D eigenvalue weighted by molar-refractivity contribution is 5.84. The minimum absolute atomic E-state index is 0.0674. The van der Waals surface area contributed by atoms with Crippen LogP contribution in [0.25, 0.3) is 0 Å². The van der Waals surface area contributed by atoms with E-state index in [0.29, 0.717) is 12.3 Å². The summed E-state index contributed by atoms with van der Waals surface area (Å²) in [6.45, 7) is 1.76. The third-order valence-electron chi connectivity index (χ3n) is 4.56. The minimum atomic E-state index is -0.411. The zero-order valence-electron chi connectivity index (χ0n) is 12.3. The first-order chi connectivity index (χ1) is 9.66. The van der Waals surface area contributed by atoms with Gasteiger partial charge < -0.3 is 16.0 Å². The molecule has 3 N–H and O–H groups in total. The molecular weight excluding hydrogens is 254 g/mol. The molecule has 1 saturated carbocycles. The molecule has 0 aromatic carbocycles. The fraction of sp³-hybridized carbons (Fsp3) is 0.867. The Bertz CT molecular complexity index is 332. The summed E-state index contributed by atoms with van der Waals surface area (Å²) in [7, 11) is 0. The van der Waals surface area contributed by atoms with E-state index in [1.807, 2.05) is 0 Å². The van der Waals surface area contributed by atoms with E-state index < -0.39 is 5.91 Å². The average molecular weight is 281 g/mol. The second kappa shape index (κ2) is 7.62. The zero-order valence-corrected chi connectivity index (χ0v) is 12.3. The fourth-order valence-corrected chi connectivity index (χ4v) is 3.43. The van der Waals surface area contributed by atoms with Crippen molar-refractivity contribution in [3.63, 3.8) is 0 Å². The van der Waals surface area contributed by atoms with E-state index in [-0.39, 0.29) is 18.5 Å². The lowest BCUT2D eigenvalue weighted by molar-refractivity contribution is -0.138. The molecule has 1 aliphatic heterocycles. The van der Waals surface area contributed by atoms with Gasteiger partial charge in [0.25, 0.3) is 0 Å². The smallest absolute Gasteiger partial charge is 0.237 e. The highest BCUT2D eigenvalue weighted by Gasteiger charge is 2.29. The van der Waals surface area contributed by atoms with E-state index in [1.54, 1.807) is 4.90 Å².